The average Bonchev–Trinajstić information content (AvgIpc) is 2.50. The number of isocyanates is 2. The molecule has 0 spiro atoms. The molecule has 0 aliphatic rings. The largest absolute Gasteiger partial charge is 0.240 e. The molecule has 2 aromatic carbocycles. The number of hydrogen-bond acceptors (Lipinski definition) is 4. The van der Waals surface area contributed by atoms with E-state index in [9.17, 15) is 9.59 Å². The fourth-order valence-corrected chi connectivity index (χ4v) is 2.16. The van der Waals surface area contributed by atoms with Crippen LogP contribution in [0.3, 0.4) is 0 Å². The van der Waals surface area contributed by atoms with Crippen molar-refractivity contribution in [2.75, 3.05) is 0 Å². The van der Waals surface area contributed by atoms with E-state index < -0.39 is 0 Å². The monoisotopic (exact) mass is 278 g/mol. The van der Waals surface area contributed by atoms with Crippen LogP contribution in [0.4, 0.5) is 11.4 Å². The standard InChI is InChI=1S/C17H14N2O2/c1-13(15-4-8-17(9-5-15)19-12-21)10-14-2-6-16(7-3-14)18-11-20/h2-9,13H,10H2,1H3. The minimum absolute atomic E-state index is 0.333. The molecule has 2 rings (SSSR count). The Labute approximate surface area is 122 Å². The van der Waals surface area contributed by atoms with E-state index in [0.717, 1.165) is 6.42 Å². The summed E-state index contributed by atoms with van der Waals surface area (Å²) >= 11 is 0. The lowest BCUT2D eigenvalue weighted by molar-refractivity contribution is 0.564. The zero-order valence-corrected chi connectivity index (χ0v) is 11.6. The second kappa shape index (κ2) is 7.11. The van der Waals surface area contributed by atoms with Gasteiger partial charge in [-0.05, 0) is 47.7 Å². The van der Waals surface area contributed by atoms with Gasteiger partial charge in [0, 0.05) is 0 Å². The maximum atomic E-state index is 10.2. The van der Waals surface area contributed by atoms with E-state index in [4.69, 9.17) is 0 Å². The van der Waals surface area contributed by atoms with Gasteiger partial charge >= 0.3 is 0 Å². The van der Waals surface area contributed by atoms with E-state index in [-0.39, 0.29) is 0 Å². The van der Waals surface area contributed by atoms with Crippen molar-refractivity contribution in [3.8, 4) is 0 Å². The van der Waals surface area contributed by atoms with Gasteiger partial charge in [0.2, 0.25) is 12.2 Å². The molecule has 0 radical (unpaired) electrons. The maximum absolute atomic E-state index is 10.2. The number of hydrogen-bond donors (Lipinski definition) is 0. The van der Waals surface area contributed by atoms with Gasteiger partial charge in [-0.2, -0.15) is 9.98 Å². The summed E-state index contributed by atoms with van der Waals surface area (Å²) in [7, 11) is 0. The molecule has 104 valence electrons. The van der Waals surface area contributed by atoms with Crippen molar-refractivity contribution in [2.24, 2.45) is 9.98 Å². The molecule has 21 heavy (non-hydrogen) atoms. The molecule has 0 saturated carbocycles. The minimum atomic E-state index is 0.333. The Morgan fingerprint density at radius 3 is 1.81 bits per heavy atom. The highest BCUT2D eigenvalue weighted by molar-refractivity contribution is 5.50. The van der Waals surface area contributed by atoms with Crippen LogP contribution in [-0.4, -0.2) is 12.2 Å². The van der Waals surface area contributed by atoms with Gasteiger partial charge in [0.15, 0.2) is 0 Å². The summed E-state index contributed by atoms with van der Waals surface area (Å²) in [6.45, 7) is 2.13. The molecule has 0 heterocycles. The van der Waals surface area contributed by atoms with Crippen LogP contribution in [0.5, 0.6) is 0 Å². The van der Waals surface area contributed by atoms with Gasteiger partial charge in [-0.25, -0.2) is 9.59 Å². The quantitative estimate of drug-likeness (QED) is 0.613. The first-order chi connectivity index (χ1) is 10.2. The summed E-state index contributed by atoms with van der Waals surface area (Å²) in [5, 5.41) is 0. The Hall–Kier alpha value is -2.80. The Bertz CT molecular complexity index is 693. The lowest BCUT2D eigenvalue weighted by Crippen LogP contribution is -1.97. The number of rotatable bonds is 5. The van der Waals surface area contributed by atoms with Gasteiger partial charge in [-0.3, -0.25) is 0 Å². The molecule has 0 aromatic heterocycles. The van der Waals surface area contributed by atoms with Crippen LogP contribution in [0.1, 0.15) is 24.0 Å². The van der Waals surface area contributed by atoms with E-state index in [1.165, 1.54) is 23.3 Å². The molecule has 4 nitrogen and oxygen atoms in total. The third kappa shape index (κ3) is 4.08. The van der Waals surface area contributed by atoms with Crippen molar-refractivity contribution < 1.29 is 9.59 Å². The maximum Gasteiger partial charge on any atom is 0.240 e. The van der Waals surface area contributed by atoms with E-state index in [2.05, 4.69) is 16.9 Å². The van der Waals surface area contributed by atoms with Crippen LogP contribution >= 0.6 is 0 Å². The summed E-state index contributed by atoms with van der Waals surface area (Å²) in [4.78, 5) is 27.5. The van der Waals surface area contributed by atoms with Crippen LogP contribution in [0.15, 0.2) is 58.5 Å². The zero-order chi connectivity index (χ0) is 15.1. The van der Waals surface area contributed by atoms with Crippen molar-refractivity contribution >= 4 is 23.5 Å². The summed E-state index contributed by atoms with van der Waals surface area (Å²) in [6, 6.07) is 15.0. The molecule has 0 bridgehead atoms. The first kappa shape index (κ1) is 14.6. The molecule has 0 fully saturated rings. The van der Waals surface area contributed by atoms with Crippen LogP contribution in [0.25, 0.3) is 0 Å². The highest BCUT2D eigenvalue weighted by atomic mass is 16.1. The molecule has 0 amide bonds. The lowest BCUT2D eigenvalue weighted by atomic mass is 9.93. The zero-order valence-electron chi connectivity index (χ0n) is 11.6. The Kier molecular flexibility index (Phi) is 4.94. The Morgan fingerprint density at radius 2 is 1.33 bits per heavy atom. The molecule has 0 aliphatic carbocycles. The summed E-state index contributed by atoms with van der Waals surface area (Å²) in [6.07, 6.45) is 3.93. The molecule has 2 aromatic rings. The molecular formula is C17H14N2O2. The van der Waals surface area contributed by atoms with Crippen molar-refractivity contribution in [1.29, 1.82) is 0 Å². The first-order valence-corrected chi connectivity index (χ1v) is 6.57. The van der Waals surface area contributed by atoms with Crippen LogP contribution in [0.2, 0.25) is 0 Å². The molecule has 4 heteroatoms. The summed E-state index contributed by atoms with van der Waals surface area (Å²) in [5.41, 5.74) is 3.56. The number of benzene rings is 2. The molecule has 0 aliphatic heterocycles. The topological polar surface area (TPSA) is 58.9 Å². The minimum Gasteiger partial charge on any atom is -0.211 e. The highest BCUT2D eigenvalue weighted by Gasteiger charge is 2.07. The van der Waals surface area contributed by atoms with E-state index in [1.807, 2.05) is 24.3 Å². The van der Waals surface area contributed by atoms with Crippen molar-refractivity contribution in [3.05, 3.63) is 59.7 Å². The normalized spacial score (nSPS) is 11.1. The molecular weight excluding hydrogens is 264 g/mol. The fourth-order valence-electron chi connectivity index (χ4n) is 2.16. The van der Waals surface area contributed by atoms with Crippen LogP contribution < -0.4 is 0 Å². The number of nitrogens with zero attached hydrogens (tertiary/aromatic N) is 2. The molecule has 1 atom stereocenters. The second-order valence-corrected chi connectivity index (χ2v) is 4.77. The van der Waals surface area contributed by atoms with E-state index in [0.29, 0.717) is 17.3 Å². The van der Waals surface area contributed by atoms with Gasteiger partial charge in [0.05, 0.1) is 11.4 Å². The predicted octanol–water partition coefficient (Wildman–Crippen LogP) is 3.97. The molecule has 0 saturated heterocycles. The molecule has 1 unspecified atom stereocenters. The third-order valence-electron chi connectivity index (χ3n) is 3.29. The van der Waals surface area contributed by atoms with Gasteiger partial charge in [0.25, 0.3) is 0 Å². The van der Waals surface area contributed by atoms with Gasteiger partial charge in [0.1, 0.15) is 0 Å². The lowest BCUT2D eigenvalue weighted by Gasteiger charge is -2.12. The van der Waals surface area contributed by atoms with E-state index >= 15 is 0 Å². The smallest absolute Gasteiger partial charge is 0.211 e. The second-order valence-electron chi connectivity index (χ2n) is 4.77. The van der Waals surface area contributed by atoms with Gasteiger partial charge in [-0.15, -0.1) is 0 Å². The Balaban J connectivity index is 2.07. The van der Waals surface area contributed by atoms with Gasteiger partial charge in [-0.1, -0.05) is 31.2 Å². The third-order valence-corrected chi connectivity index (χ3v) is 3.29. The highest BCUT2D eigenvalue weighted by Crippen LogP contribution is 2.24. The first-order valence-electron chi connectivity index (χ1n) is 6.57. The fraction of sp³-hybridized carbons (Fsp3) is 0.176. The Morgan fingerprint density at radius 1 is 0.857 bits per heavy atom. The van der Waals surface area contributed by atoms with Crippen molar-refractivity contribution in [1.82, 2.24) is 0 Å². The summed E-state index contributed by atoms with van der Waals surface area (Å²) in [5.74, 6) is 0.333. The number of carbonyl (C=O) groups excluding carboxylic acids is 2. The van der Waals surface area contributed by atoms with Crippen LogP contribution in [-0.2, 0) is 16.0 Å². The van der Waals surface area contributed by atoms with Gasteiger partial charge < -0.3 is 0 Å². The molecule has 0 N–H and O–H groups in total. The number of aliphatic imine (C=N–C) groups is 2. The summed E-state index contributed by atoms with van der Waals surface area (Å²) < 4.78 is 0. The SMILES string of the molecule is CC(Cc1ccc(N=C=O)cc1)c1ccc(N=C=O)cc1. The predicted molar refractivity (Wildman–Crippen MR) is 80.6 cm³/mol. The van der Waals surface area contributed by atoms with Crippen LogP contribution in [0, 0.1) is 0 Å². The average molecular weight is 278 g/mol. The van der Waals surface area contributed by atoms with E-state index in [1.54, 1.807) is 24.3 Å². The van der Waals surface area contributed by atoms with Crippen molar-refractivity contribution in [2.45, 2.75) is 19.3 Å². The van der Waals surface area contributed by atoms with Crippen molar-refractivity contribution in [3.63, 3.8) is 0 Å².